The molecule has 3 rings (SSSR count). The number of rotatable bonds is 12. The first-order valence-corrected chi connectivity index (χ1v) is 16.0. The summed E-state index contributed by atoms with van der Waals surface area (Å²) in [6.07, 6.45) is 2.41. The molecule has 7 nitrogen and oxygen atoms in total. The highest BCUT2D eigenvalue weighted by Gasteiger charge is 2.24. The maximum atomic E-state index is 11.7. The Kier molecular flexibility index (Phi) is 8.87. The molecule has 0 unspecified atom stereocenters. The van der Waals surface area contributed by atoms with E-state index in [1.807, 2.05) is 50.2 Å². The summed E-state index contributed by atoms with van der Waals surface area (Å²) >= 11 is 6.24. The number of carbonyl (C=O) groups excluding carboxylic acids is 2. The number of hydrogen-bond acceptors (Lipinski definition) is 6. The van der Waals surface area contributed by atoms with Crippen LogP contribution in [0, 0.1) is 5.41 Å². The Hall–Kier alpha value is -2.81. The third-order valence-electron chi connectivity index (χ3n) is 6.01. The van der Waals surface area contributed by atoms with E-state index in [-0.39, 0.29) is 23.4 Å². The van der Waals surface area contributed by atoms with E-state index < -0.39 is 13.5 Å². The zero-order chi connectivity index (χ0) is 26.5. The first-order valence-electron chi connectivity index (χ1n) is 11.9. The van der Waals surface area contributed by atoms with Gasteiger partial charge in [0.1, 0.15) is 36.4 Å². The summed E-state index contributed by atoms with van der Waals surface area (Å²) in [4.78, 5) is 32.3. The topological polar surface area (TPSA) is 83.3 Å². The van der Waals surface area contributed by atoms with E-state index in [2.05, 4.69) is 29.6 Å². The third-order valence-corrected chi connectivity index (χ3v) is 8.00. The second-order valence-electron chi connectivity index (χ2n) is 10.7. The standard InChI is InChI=1S/C27H34ClN3O4Si/c1-19(33)27(2,3)17-35-22-10-7-20(8-11-22)23-12-9-21(15-29-23)26-30-25(28)24(16-32)31(26)18-34-13-14-36(4,5)6/h7-12,15-16H,13-14,17-18H2,1-6H3. The van der Waals surface area contributed by atoms with Gasteiger partial charge in [-0.2, -0.15) is 0 Å². The van der Waals surface area contributed by atoms with E-state index in [1.165, 1.54) is 0 Å². The highest BCUT2D eigenvalue weighted by atomic mass is 35.5. The van der Waals surface area contributed by atoms with Crippen molar-refractivity contribution in [3.05, 3.63) is 53.4 Å². The Labute approximate surface area is 218 Å². The molecule has 0 fully saturated rings. The lowest BCUT2D eigenvalue weighted by Gasteiger charge is -2.21. The van der Waals surface area contributed by atoms with Crippen molar-refractivity contribution in [2.45, 2.75) is 53.2 Å². The quantitative estimate of drug-likeness (QED) is 0.154. The van der Waals surface area contributed by atoms with Gasteiger partial charge in [0.15, 0.2) is 11.4 Å². The second-order valence-corrected chi connectivity index (χ2v) is 16.7. The highest BCUT2D eigenvalue weighted by molar-refractivity contribution is 6.76. The van der Waals surface area contributed by atoms with Gasteiger partial charge >= 0.3 is 0 Å². The van der Waals surface area contributed by atoms with Crippen LogP contribution in [0.25, 0.3) is 22.6 Å². The lowest BCUT2D eigenvalue weighted by Crippen LogP contribution is -2.28. The summed E-state index contributed by atoms with van der Waals surface area (Å²) in [5, 5.41) is 0.140. The van der Waals surface area contributed by atoms with Crippen molar-refractivity contribution in [2.75, 3.05) is 13.2 Å². The fourth-order valence-corrected chi connectivity index (χ4v) is 4.20. The summed E-state index contributed by atoms with van der Waals surface area (Å²) in [5.74, 6) is 1.31. The first kappa shape index (κ1) is 27.8. The predicted molar refractivity (Wildman–Crippen MR) is 145 cm³/mol. The van der Waals surface area contributed by atoms with Gasteiger partial charge < -0.3 is 9.47 Å². The Bertz CT molecular complexity index is 1200. The second kappa shape index (κ2) is 11.5. The number of hydrogen-bond donors (Lipinski definition) is 0. The van der Waals surface area contributed by atoms with E-state index in [1.54, 1.807) is 17.7 Å². The fourth-order valence-electron chi connectivity index (χ4n) is 3.22. The molecule has 1 aromatic carbocycles. The van der Waals surface area contributed by atoms with Crippen LogP contribution in [0.5, 0.6) is 5.75 Å². The zero-order valence-electron chi connectivity index (χ0n) is 21.8. The molecular formula is C27H34ClN3O4Si. The molecule has 9 heteroatoms. The smallest absolute Gasteiger partial charge is 0.169 e. The summed E-state index contributed by atoms with van der Waals surface area (Å²) < 4.78 is 13.3. The number of aromatic nitrogens is 3. The summed E-state index contributed by atoms with van der Waals surface area (Å²) in [7, 11) is -1.23. The molecule has 2 aromatic heterocycles. The number of pyridine rings is 1. The van der Waals surface area contributed by atoms with Gasteiger partial charge in [0.25, 0.3) is 0 Å². The number of Topliss-reactive ketones (excluding diaryl/α,β-unsaturated/α-hetero) is 1. The van der Waals surface area contributed by atoms with Crippen molar-refractivity contribution in [1.82, 2.24) is 14.5 Å². The Morgan fingerprint density at radius 1 is 1.11 bits per heavy atom. The van der Waals surface area contributed by atoms with Gasteiger partial charge in [-0.3, -0.25) is 19.1 Å². The molecule has 36 heavy (non-hydrogen) atoms. The van der Waals surface area contributed by atoms with Gasteiger partial charge in [-0.1, -0.05) is 31.2 Å². The molecular weight excluding hydrogens is 494 g/mol. The molecule has 0 aliphatic heterocycles. The maximum absolute atomic E-state index is 11.7. The number of aldehydes is 1. The lowest BCUT2D eigenvalue weighted by molar-refractivity contribution is -0.126. The molecule has 0 aliphatic rings. The van der Waals surface area contributed by atoms with Crippen LogP contribution in [-0.4, -0.2) is 47.9 Å². The Morgan fingerprint density at radius 2 is 1.78 bits per heavy atom. The van der Waals surface area contributed by atoms with Crippen LogP contribution in [0.4, 0.5) is 0 Å². The lowest BCUT2D eigenvalue weighted by atomic mass is 9.90. The zero-order valence-corrected chi connectivity index (χ0v) is 23.6. The Morgan fingerprint density at radius 3 is 2.33 bits per heavy atom. The molecule has 0 saturated heterocycles. The summed E-state index contributed by atoms with van der Waals surface area (Å²) in [6.45, 7) is 13.3. The number of carbonyl (C=O) groups is 2. The van der Waals surface area contributed by atoms with Gasteiger partial charge in [0, 0.05) is 32.0 Å². The average molecular weight is 528 g/mol. The number of nitrogens with zero attached hydrogens (tertiary/aromatic N) is 3. The molecule has 2 heterocycles. The van der Waals surface area contributed by atoms with E-state index in [0.29, 0.717) is 31.1 Å². The van der Waals surface area contributed by atoms with Gasteiger partial charge in [-0.25, -0.2) is 4.98 Å². The number of benzene rings is 1. The molecule has 0 spiro atoms. The van der Waals surface area contributed by atoms with E-state index in [0.717, 1.165) is 22.9 Å². The van der Waals surface area contributed by atoms with Crippen LogP contribution in [0.3, 0.4) is 0 Å². The average Bonchev–Trinajstić information content (AvgIpc) is 3.15. The number of halogens is 1. The largest absolute Gasteiger partial charge is 0.493 e. The van der Waals surface area contributed by atoms with Crippen LogP contribution < -0.4 is 4.74 Å². The SMILES string of the molecule is CC(=O)C(C)(C)COc1ccc(-c2ccc(-c3nc(Cl)c(C=O)n3COCC[Si](C)(C)C)cn2)cc1. The third kappa shape index (κ3) is 7.12. The van der Waals surface area contributed by atoms with Crippen molar-refractivity contribution in [1.29, 1.82) is 0 Å². The molecule has 0 atom stereocenters. The number of ether oxygens (including phenoxy) is 2. The summed E-state index contributed by atoms with van der Waals surface area (Å²) in [5.41, 5.74) is 2.18. The maximum Gasteiger partial charge on any atom is 0.169 e. The van der Waals surface area contributed by atoms with Gasteiger partial charge in [-0.05, 0) is 63.2 Å². The van der Waals surface area contributed by atoms with Crippen molar-refractivity contribution in [2.24, 2.45) is 5.41 Å². The first-order chi connectivity index (χ1) is 16.9. The van der Waals surface area contributed by atoms with Crippen molar-refractivity contribution >= 4 is 31.7 Å². The molecule has 0 amide bonds. The number of imidazole rings is 1. The minimum atomic E-state index is -1.23. The summed E-state index contributed by atoms with van der Waals surface area (Å²) in [6, 6.07) is 12.4. The van der Waals surface area contributed by atoms with E-state index in [4.69, 9.17) is 21.1 Å². The predicted octanol–water partition coefficient (Wildman–Crippen LogP) is 6.38. The fraction of sp³-hybridized carbons (Fsp3) is 0.407. The van der Waals surface area contributed by atoms with Gasteiger partial charge in [0.05, 0.1) is 11.1 Å². The van der Waals surface area contributed by atoms with Crippen molar-refractivity contribution < 1.29 is 19.1 Å². The molecule has 0 aliphatic carbocycles. The molecule has 0 radical (unpaired) electrons. The van der Waals surface area contributed by atoms with Crippen molar-refractivity contribution in [3.63, 3.8) is 0 Å². The molecule has 0 saturated carbocycles. The monoisotopic (exact) mass is 527 g/mol. The van der Waals surface area contributed by atoms with Crippen molar-refractivity contribution in [3.8, 4) is 28.4 Å². The molecule has 0 bridgehead atoms. The van der Waals surface area contributed by atoms with Crippen LogP contribution in [0.1, 0.15) is 31.3 Å². The minimum Gasteiger partial charge on any atom is -0.493 e. The molecule has 0 N–H and O–H groups in total. The highest BCUT2D eigenvalue weighted by Crippen LogP contribution is 2.28. The van der Waals surface area contributed by atoms with Crippen LogP contribution >= 0.6 is 11.6 Å². The van der Waals surface area contributed by atoms with E-state index >= 15 is 0 Å². The van der Waals surface area contributed by atoms with Crippen LogP contribution in [-0.2, 0) is 16.3 Å². The molecule has 192 valence electrons. The van der Waals surface area contributed by atoms with Crippen LogP contribution in [0.15, 0.2) is 42.6 Å². The van der Waals surface area contributed by atoms with Gasteiger partial charge in [-0.15, -0.1) is 0 Å². The molecule has 3 aromatic rings. The number of ketones is 1. The minimum absolute atomic E-state index is 0.0868. The van der Waals surface area contributed by atoms with Crippen LogP contribution in [0.2, 0.25) is 30.8 Å². The normalized spacial score (nSPS) is 12.0. The van der Waals surface area contributed by atoms with Gasteiger partial charge in [0.2, 0.25) is 0 Å². The van der Waals surface area contributed by atoms with E-state index in [9.17, 15) is 9.59 Å². The Balaban J connectivity index is 1.74.